The molecule has 0 aliphatic carbocycles. The molecule has 1 atom stereocenters. The Morgan fingerprint density at radius 1 is 1.03 bits per heavy atom. The fraction of sp³-hybridized carbons (Fsp3) is 0.417. The number of hydrogen-bond donors (Lipinski definition) is 2. The number of fused-ring (bicyclic) bond motifs is 1. The van der Waals surface area contributed by atoms with Gasteiger partial charge in [-0.15, -0.1) is 0 Å². The first-order chi connectivity index (χ1) is 15.0. The molecule has 1 saturated heterocycles. The van der Waals surface area contributed by atoms with E-state index in [1.54, 1.807) is 24.3 Å². The SMILES string of the molecule is CN1CCCc2cc(C(CNC(=O)C(=O)Nc3cccc(Cl)c3)N3CCCC3)ccc21. The summed E-state index contributed by atoms with van der Waals surface area (Å²) in [6.07, 6.45) is 4.55. The summed E-state index contributed by atoms with van der Waals surface area (Å²) >= 11 is 5.95. The molecule has 2 aliphatic rings. The molecule has 4 rings (SSSR count). The van der Waals surface area contributed by atoms with Gasteiger partial charge in [0.25, 0.3) is 0 Å². The van der Waals surface area contributed by atoms with Gasteiger partial charge in [0.05, 0.1) is 6.04 Å². The van der Waals surface area contributed by atoms with Crippen LogP contribution in [0.5, 0.6) is 0 Å². The maximum absolute atomic E-state index is 12.5. The minimum Gasteiger partial charge on any atom is -0.374 e. The van der Waals surface area contributed by atoms with Gasteiger partial charge in [-0.2, -0.15) is 0 Å². The lowest BCUT2D eigenvalue weighted by atomic mass is 9.96. The highest BCUT2D eigenvalue weighted by molar-refractivity contribution is 6.39. The molecule has 2 aromatic carbocycles. The molecule has 0 aromatic heterocycles. The number of halogens is 1. The van der Waals surface area contributed by atoms with Gasteiger partial charge in [-0.25, -0.2) is 0 Å². The van der Waals surface area contributed by atoms with E-state index in [4.69, 9.17) is 11.6 Å². The molecule has 7 heteroatoms. The van der Waals surface area contributed by atoms with Gasteiger partial charge in [0.1, 0.15) is 0 Å². The van der Waals surface area contributed by atoms with Crippen LogP contribution in [0.2, 0.25) is 5.02 Å². The maximum atomic E-state index is 12.5. The lowest BCUT2D eigenvalue weighted by Gasteiger charge is -2.31. The van der Waals surface area contributed by atoms with Gasteiger partial charge in [-0.1, -0.05) is 29.8 Å². The van der Waals surface area contributed by atoms with E-state index in [0.29, 0.717) is 17.3 Å². The quantitative estimate of drug-likeness (QED) is 0.697. The van der Waals surface area contributed by atoms with Crippen molar-refractivity contribution in [3.63, 3.8) is 0 Å². The Morgan fingerprint density at radius 2 is 1.84 bits per heavy atom. The Balaban J connectivity index is 1.45. The molecule has 1 unspecified atom stereocenters. The van der Waals surface area contributed by atoms with Gasteiger partial charge in [0.2, 0.25) is 0 Å². The maximum Gasteiger partial charge on any atom is 0.313 e. The van der Waals surface area contributed by atoms with Crippen LogP contribution in [0.25, 0.3) is 0 Å². The van der Waals surface area contributed by atoms with Crippen LogP contribution in [-0.2, 0) is 16.0 Å². The number of likely N-dealkylation sites (tertiary alicyclic amines) is 1. The second kappa shape index (κ2) is 9.71. The zero-order valence-electron chi connectivity index (χ0n) is 17.9. The molecule has 2 heterocycles. The highest BCUT2D eigenvalue weighted by atomic mass is 35.5. The fourth-order valence-electron chi connectivity index (χ4n) is 4.55. The van der Waals surface area contributed by atoms with Crippen LogP contribution in [0.3, 0.4) is 0 Å². The van der Waals surface area contributed by atoms with Crippen molar-refractivity contribution < 1.29 is 9.59 Å². The van der Waals surface area contributed by atoms with Gasteiger partial charge in [0.15, 0.2) is 0 Å². The van der Waals surface area contributed by atoms with E-state index >= 15 is 0 Å². The Morgan fingerprint density at radius 3 is 2.61 bits per heavy atom. The van der Waals surface area contributed by atoms with Gasteiger partial charge in [-0.3, -0.25) is 14.5 Å². The van der Waals surface area contributed by atoms with E-state index in [2.05, 4.69) is 45.7 Å². The number of nitrogens with one attached hydrogen (secondary N) is 2. The molecule has 0 saturated carbocycles. The largest absolute Gasteiger partial charge is 0.374 e. The molecule has 0 spiro atoms. The predicted octanol–water partition coefficient (Wildman–Crippen LogP) is 3.61. The highest BCUT2D eigenvalue weighted by Crippen LogP contribution is 2.31. The van der Waals surface area contributed by atoms with Crippen molar-refractivity contribution in [3.8, 4) is 0 Å². The highest BCUT2D eigenvalue weighted by Gasteiger charge is 2.26. The van der Waals surface area contributed by atoms with E-state index in [1.807, 2.05) is 0 Å². The Bertz CT molecular complexity index is 958. The summed E-state index contributed by atoms with van der Waals surface area (Å²) in [5.74, 6) is -1.32. The monoisotopic (exact) mass is 440 g/mol. The normalized spacial score (nSPS) is 17.2. The minimum absolute atomic E-state index is 0.0583. The molecule has 2 aromatic rings. The Labute approximate surface area is 188 Å². The van der Waals surface area contributed by atoms with Crippen LogP contribution in [0.4, 0.5) is 11.4 Å². The lowest BCUT2D eigenvalue weighted by molar-refractivity contribution is -0.136. The van der Waals surface area contributed by atoms with Gasteiger partial charge in [-0.05, 0) is 74.2 Å². The third-order valence-electron chi connectivity index (χ3n) is 6.17. The lowest BCUT2D eigenvalue weighted by Crippen LogP contribution is -2.41. The van der Waals surface area contributed by atoms with Crippen molar-refractivity contribution in [1.29, 1.82) is 0 Å². The van der Waals surface area contributed by atoms with Crippen molar-refractivity contribution in [1.82, 2.24) is 10.2 Å². The molecule has 0 bridgehead atoms. The van der Waals surface area contributed by atoms with E-state index in [1.165, 1.54) is 16.8 Å². The van der Waals surface area contributed by atoms with Crippen molar-refractivity contribution >= 4 is 34.8 Å². The Hall–Kier alpha value is -2.57. The van der Waals surface area contributed by atoms with Gasteiger partial charge in [0, 0.05) is 36.5 Å². The zero-order valence-corrected chi connectivity index (χ0v) is 18.6. The number of rotatable bonds is 5. The third kappa shape index (κ3) is 5.20. The molecule has 2 amide bonds. The van der Waals surface area contributed by atoms with Crippen molar-refractivity contribution in [2.45, 2.75) is 31.7 Å². The second-order valence-electron chi connectivity index (χ2n) is 8.35. The molecule has 6 nitrogen and oxygen atoms in total. The van der Waals surface area contributed by atoms with Gasteiger partial charge >= 0.3 is 11.8 Å². The standard InChI is InChI=1S/C24H29ClN4O2/c1-28-11-5-6-17-14-18(9-10-21(17)28)22(29-12-2-3-13-29)16-26-23(30)24(31)27-20-8-4-7-19(25)15-20/h4,7-10,14-15,22H,2-3,5-6,11-13,16H2,1H3,(H,26,30)(H,27,31). The molecule has 1 fully saturated rings. The summed E-state index contributed by atoms with van der Waals surface area (Å²) in [4.78, 5) is 29.5. The van der Waals surface area contributed by atoms with Crippen molar-refractivity contribution in [2.24, 2.45) is 0 Å². The molecule has 164 valence electrons. The summed E-state index contributed by atoms with van der Waals surface area (Å²) in [6, 6.07) is 13.5. The smallest absolute Gasteiger partial charge is 0.313 e. The zero-order chi connectivity index (χ0) is 21.8. The number of amides is 2. The van der Waals surface area contributed by atoms with E-state index in [9.17, 15) is 9.59 Å². The average molecular weight is 441 g/mol. The molecule has 2 N–H and O–H groups in total. The summed E-state index contributed by atoms with van der Waals surface area (Å²) in [6.45, 7) is 3.49. The van der Waals surface area contributed by atoms with E-state index in [0.717, 1.165) is 45.3 Å². The summed E-state index contributed by atoms with van der Waals surface area (Å²) in [7, 11) is 2.13. The van der Waals surface area contributed by atoms with Crippen molar-refractivity contribution in [3.05, 3.63) is 58.6 Å². The predicted molar refractivity (Wildman–Crippen MR) is 125 cm³/mol. The number of benzene rings is 2. The number of carbonyl (C=O) groups is 2. The number of nitrogens with zero attached hydrogens (tertiary/aromatic N) is 2. The number of aryl methyl sites for hydroxylation is 1. The number of carbonyl (C=O) groups excluding carboxylic acids is 2. The molecule has 2 aliphatic heterocycles. The van der Waals surface area contributed by atoms with Crippen LogP contribution in [-0.4, -0.2) is 49.9 Å². The van der Waals surface area contributed by atoms with Crippen molar-refractivity contribution in [2.75, 3.05) is 43.4 Å². The number of anilines is 2. The Kier molecular flexibility index (Phi) is 6.78. The second-order valence-corrected chi connectivity index (χ2v) is 8.78. The first-order valence-corrected chi connectivity index (χ1v) is 11.3. The molecular formula is C24H29ClN4O2. The average Bonchev–Trinajstić information content (AvgIpc) is 3.28. The first kappa shape index (κ1) is 21.7. The summed E-state index contributed by atoms with van der Waals surface area (Å²) in [5, 5.41) is 5.96. The molecular weight excluding hydrogens is 412 g/mol. The van der Waals surface area contributed by atoms with E-state index in [-0.39, 0.29) is 6.04 Å². The van der Waals surface area contributed by atoms with Gasteiger partial charge < -0.3 is 15.5 Å². The third-order valence-corrected chi connectivity index (χ3v) is 6.40. The van der Waals surface area contributed by atoms with E-state index < -0.39 is 11.8 Å². The topological polar surface area (TPSA) is 64.7 Å². The van der Waals surface area contributed by atoms with Crippen LogP contribution < -0.4 is 15.5 Å². The molecule has 0 radical (unpaired) electrons. The van der Waals surface area contributed by atoms with Crippen LogP contribution in [0.15, 0.2) is 42.5 Å². The van der Waals surface area contributed by atoms with Crippen LogP contribution >= 0.6 is 11.6 Å². The van der Waals surface area contributed by atoms with Crippen LogP contribution in [0, 0.1) is 0 Å². The summed E-state index contributed by atoms with van der Waals surface area (Å²) in [5.41, 5.74) is 4.36. The molecule has 31 heavy (non-hydrogen) atoms. The first-order valence-electron chi connectivity index (χ1n) is 10.9. The fourth-order valence-corrected chi connectivity index (χ4v) is 4.74. The summed E-state index contributed by atoms with van der Waals surface area (Å²) < 4.78 is 0. The van der Waals surface area contributed by atoms with Crippen LogP contribution in [0.1, 0.15) is 36.4 Å². The number of hydrogen-bond acceptors (Lipinski definition) is 4. The minimum atomic E-state index is -0.686.